The first-order valence-corrected chi connectivity index (χ1v) is 7.29. The van der Waals surface area contributed by atoms with Gasteiger partial charge in [-0.3, -0.25) is 11.3 Å². The van der Waals surface area contributed by atoms with E-state index in [0.29, 0.717) is 6.04 Å². The van der Waals surface area contributed by atoms with E-state index < -0.39 is 0 Å². The Bertz CT molecular complexity index is 540. The number of hydrogen-bond acceptors (Lipinski definition) is 2. The van der Waals surface area contributed by atoms with Crippen LogP contribution in [0.2, 0.25) is 0 Å². The molecule has 0 spiro atoms. The second-order valence-electron chi connectivity index (χ2n) is 5.73. The molecule has 3 rings (SSSR count). The Labute approximate surface area is 115 Å². The van der Waals surface area contributed by atoms with E-state index in [0.717, 1.165) is 12.3 Å². The van der Waals surface area contributed by atoms with Crippen molar-refractivity contribution in [1.82, 2.24) is 5.43 Å². The van der Waals surface area contributed by atoms with E-state index in [1.807, 2.05) is 0 Å². The van der Waals surface area contributed by atoms with Crippen LogP contribution in [0.5, 0.6) is 0 Å². The molecule has 0 radical (unpaired) electrons. The third kappa shape index (κ3) is 3.14. The Hall–Kier alpha value is -1.38. The minimum atomic E-state index is 0.395. The summed E-state index contributed by atoms with van der Waals surface area (Å²) in [5, 5.41) is 2.68. The van der Waals surface area contributed by atoms with E-state index in [-0.39, 0.29) is 0 Å². The summed E-state index contributed by atoms with van der Waals surface area (Å²) in [6, 6.07) is 15.5. The van der Waals surface area contributed by atoms with E-state index in [1.54, 1.807) is 0 Å². The van der Waals surface area contributed by atoms with Gasteiger partial charge in [-0.15, -0.1) is 0 Å². The van der Waals surface area contributed by atoms with Crippen LogP contribution in [0.3, 0.4) is 0 Å². The van der Waals surface area contributed by atoms with Crippen LogP contribution in [0.1, 0.15) is 31.2 Å². The lowest BCUT2D eigenvalue weighted by molar-refractivity contribution is 0.463. The SMILES string of the molecule is NNC(CCC1CC1)Cc1cccc2ccccc12. The molecule has 1 aliphatic rings. The van der Waals surface area contributed by atoms with Gasteiger partial charge in [0, 0.05) is 6.04 Å². The van der Waals surface area contributed by atoms with Gasteiger partial charge in [-0.05, 0) is 41.5 Å². The molecule has 100 valence electrons. The van der Waals surface area contributed by atoms with Crippen LogP contribution in [-0.4, -0.2) is 6.04 Å². The normalized spacial score (nSPS) is 16.7. The second kappa shape index (κ2) is 5.72. The first kappa shape index (κ1) is 12.6. The van der Waals surface area contributed by atoms with Crippen molar-refractivity contribution in [2.45, 2.75) is 38.1 Å². The number of fused-ring (bicyclic) bond motifs is 1. The Morgan fingerprint density at radius 3 is 2.68 bits per heavy atom. The van der Waals surface area contributed by atoms with Gasteiger partial charge >= 0.3 is 0 Å². The summed E-state index contributed by atoms with van der Waals surface area (Å²) >= 11 is 0. The molecule has 1 saturated carbocycles. The molecule has 19 heavy (non-hydrogen) atoms. The predicted molar refractivity (Wildman–Crippen MR) is 80.7 cm³/mol. The van der Waals surface area contributed by atoms with E-state index in [4.69, 9.17) is 5.84 Å². The van der Waals surface area contributed by atoms with Crippen molar-refractivity contribution in [2.75, 3.05) is 0 Å². The summed E-state index contributed by atoms with van der Waals surface area (Å²) in [5.41, 5.74) is 4.40. The lowest BCUT2D eigenvalue weighted by atomic mass is 9.96. The highest BCUT2D eigenvalue weighted by Gasteiger charge is 2.22. The third-order valence-electron chi connectivity index (χ3n) is 4.20. The minimum Gasteiger partial charge on any atom is -0.271 e. The predicted octanol–water partition coefficient (Wildman–Crippen LogP) is 3.40. The molecule has 1 fully saturated rings. The topological polar surface area (TPSA) is 38.0 Å². The highest BCUT2D eigenvalue weighted by molar-refractivity contribution is 5.85. The number of nitrogens with one attached hydrogen (secondary N) is 1. The molecule has 0 amide bonds. The lowest BCUT2D eigenvalue weighted by Gasteiger charge is -2.17. The van der Waals surface area contributed by atoms with Crippen molar-refractivity contribution in [1.29, 1.82) is 0 Å². The van der Waals surface area contributed by atoms with Crippen molar-refractivity contribution in [3.05, 3.63) is 48.0 Å². The van der Waals surface area contributed by atoms with Gasteiger partial charge in [0.05, 0.1) is 0 Å². The molecule has 1 aliphatic carbocycles. The van der Waals surface area contributed by atoms with Crippen LogP contribution in [0.15, 0.2) is 42.5 Å². The highest BCUT2D eigenvalue weighted by Crippen LogP contribution is 2.34. The number of nitrogens with two attached hydrogens (primary N) is 1. The summed E-state index contributed by atoms with van der Waals surface area (Å²) in [6.45, 7) is 0. The number of hydrogen-bond donors (Lipinski definition) is 2. The van der Waals surface area contributed by atoms with Crippen molar-refractivity contribution >= 4 is 10.8 Å². The van der Waals surface area contributed by atoms with Gasteiger partial charge in [0.1, 0.15) is 0 Å². The van der Waals surface area contributed by atoms with Gasteiger partial charge in [0.2, 0.25) is 0 Å². The molecule has 0 saturated heterocycles. The van der Waals surface area contributed by atoms with Crippen molar-refractivity contribution in [2.24, 2.45) is 11.8 Å². The zero-order valence-electron chi connectivity index (χ0n) is 11.3. The first-order valence-electron chi connectivity index (χ1n) is 7.29. The summed E-state index contributed by atoms with van der Waals surface area (Å²) in [4.78, 5) is 0. The Kier molecular flexibility index (Phi) is 3.81. The fourth-order valence-corrected chi connectivity index (χ4v) is 2.82. The first-order chi connectivity index (χ1) is 9.36. The van der Waals surface area contributed by atoms with Gasteiger partial charge in [-0.25, -0.2) is 0 Å². The Morgan fingerprint density at radius 1 is 1.11 bits per heavy atom. The van der Waals surface area contributed by atoms with Crippen LogP contribution in [0, 0.1) is 5.92 Å². The fraction of sp³-hybridized carbons (Fsp3) is 0.412. The lowest BCUT2D eigenvalue weighted by Crippen LogP contribution is -2.36. The monoisotopic (exact) mass is 254 g/mol. The number of rotatable bonds is 6. The molecular weight excluding hydrogens is 232 g/mol. The smallest absolute Gasteiger partial charge is 0.0251 e. The molecule has 0 aromatic heterocycles. The zero-order chi connectivity index (χ0) is 13.1. The second-order valence-corrected chi connectivity index (χ2v) is 5.73. The fourth-order valence-electron chi connectivity index (χ4n) is 2.82. The zero-order valence-corrected chi connectivity index (χ0v) is 11.3. The molecular formula is C17H22N2. The molecule has 0 aliphatic heterocycles. The van der Waals surface area contributed by atoms with Crippen LogP contribution in [0.4, 0.5) is 0 Å². The summed E-state index contributed by atoms with van der Waals surface area (Å²) in [5.74, 6) is 6.70. The molecule has 1 atom stereocenters. The van der Waals surface area contributed by atoms with E-state index in [1.165, 1.54) is 42.0 Å². The van der Waals surface area contributed by atoms with Gasteiger partial charge in [-0.1, -0.05) is 55.3 Å². The third-order valence-corrected chi connectivity index (χ3v) is 4.20. The molecule has 3 N–H and O–H groups in total. The molecule has 0 heterocycles. The van der Waals surface area contributed by atoms with Crippen LogP contribution in [-0.2, 0) is 6.42 Å². The summed E-state index contributed by atoms with van der Waals surface area (Å²) in [7, 11) is 0. The van der Waals surface area contributed by atoms with E-state index >= 15 is 0 Å². The quantitative estimate of drug-likeness (QED) is 0.612. The van der Waals surface area contributed by atoms with Crippen molar-refractivity contribution < 1.29 is 0 Å². The Balaban J connectivity index is 1.74. The number of hydrazine groups is 1. The van der Waals surface area contributed by atoms with Gasteiger partial charge in [-0.2, -0.15) is 0 Å². The molecule has 0 bridgehead atoms. The van der Waals surface area contributed by atoms with Gasteiger partial charge < -0.3 is 0 Å². The number of benzene rings is 2. The maximum Gasteiger partial charge on any atom is 0.0251 e. The minimum absolute atomic E-state index is 0.395. The van der Waals surface area contributed by atoms with Gasteiger partial charge in [0.25, 0.3) is 0 Å². The molecule has 2 aromatic rings. The largest absolute Gasteiger partial charge is 0.271 e. The van der Waals surface area contributed by atoms with Crippen molar-refractivity contribution in [3.8, 4) is 0 Å². The maximum atomic E-state index is 5.72. The van der Waals surface area contributed by atoms with E-state index in [2.05, 4.69) is 47.9 Å². The average molecular weight is 254 g/mol. The maximum absolute atomic E-state index is 5.72. The molecule has 2 aromatic carbocycles. The van der Waals surface area contributed by atoms with Crippen LogP contribution < -0.4 is 11.3 Å². The average Bonchev–Trinajstić information content (AvgIpc) is 3.28. The molecule has 1 unspecified atom stereocenters. The standard InChI is InChI=1S/C17H22N2/c18-19-16(11-10-13-8-9-13)12-15-6-3-5-14-4-1-2-7-17(14)15/h1-7,13,16,19H,8-12,18H2. The van der Waals surface area contributed by atoms with Gasteiger partial charge in [0.15, 0.2) is 0 Å². The Morgan fingerprint density at radius 2 is 1.89 bits per heavy atom. The summed E-state index contributed by atoms with van der Waals surface area (Å²) in [6.07, 6.45) is 6.37. The molecule has 2 nitrogen and oxygen atoms in total. The molecule has 2 heteroatoms. The highest BCUT2D eigenvalue weighted by atomic mass is 15.2. The van der Waals surface area contributed by atoms with Crippen LogP contribution in [0.25, 0.3) is 10.8 Å². The van der Waals surface area contributed by atoms with Crippen LogP contribution >= 0.6 is 0 Å². The summed E-state index contributed by atoms with van der Waals surface area (Å²) < 4.78 is 0. The van der Waals surface area contributed by atoms with Crippen molar-refractivity contribution in [3.63, 3.8) is 0 Å². The van der Waals surface area contributed by atoms with E-state index in [9.17, 15) is 0 Å².